The predicted molar refractivity (Wildman–Crippen MR) is 83.3 cm³/mol. The van der Waals surface area contributed by atoms with Gasteiger partial charge in [-0.2, -0.15) is 0 Å². The van der Waals surface area contributed by atoms with E-state index in [1.807, 2.05) is 30.3 Å². The van der Waals surface area contributed by atoms with E-state index in [4.69, 9.17) is 39.5 Å². The zero-order chi connectivity index (χ0) is 14.1. The summed E-state index contributed by atoms with van der Waals surface area (Å²) in [5, 5.41) is 2.09. The van der Waals surface area contributed by atoms with Crippen molar-refractivity contribution in [1.82, 2.24) is 4.98 Å². The summed E-state index contributed by atoms with van der Waals surface area (Å²) in [6, 6.07) is 12.6. The number of ether oxygens (including phenoxy) is 1. The number of rotatable bonds is 2. The summed E-state index contributed by atoms with van der Waals surface area (Å²) in [7, 11) is 0. The molecule has 2 nitrogen and oxygen atoms in total. The molecule has 3 aromatic rings. The highest BCUT2D eigenvalue weighted by Gasteiger charge is 2.10. The highest BCUT2D eigenvalue weighted by Crippen LogP contribution is 2.37. The zero-order valence-corrected chi connectivity index (χ0v) is 12.4. The van der Waals surface area contributed by atoms with Crippen molar-refractivity contribution in [2.45, 2.75) is 0 Å². The maximum absolute atomic E-state index is 6.12. The molecule has 0 N–H and O–H groups in total. The molecule has 0 unspecified atom stereocenters. The maximum atomic E-state index is 6.12. The Kier molecular flexibility index (Phi) is 3.70. The smallest absolute Gasteiger partial charge is 0.147 e. The molecule has 0 radical (unpaired) electrons. The quantitative estimate of drug-likeness (QED) is 0.540. The van der Waals surface area contributed by atoms with E-state index in [2.05, 4.69) is 4.98 Å². The van der Waals surface area contributed by atoms with Gasteiger partial charge in [0, 0.05) is 17.6 Å². The van der Waals surface area contributed by atoms with Gasteiger partial charge in [0.15, 0.2) is 0 Å². The van der Waals surface area contributed by atoms with Gasteiger partial charge in [0.2, 0.25) is 0 Å². The van der Waals surface area contributed by atoms with Crippen molar-refractivity contribution >= 4 is 45.7 Å². The standard InChI is InChI=1S/C15H8Cl3NO/c16-10-7-12(18)15(8-11(10)17)20-14-5-1-4-13-9(14)3-2-6-19-13/h1-8H. The fraction of sp³-hybridized carbons (Fsp3) is 0. The SMILES string of the molecule is Clc1cc(Cl)c(Oc2cccc3ncccc23)cc1Cl. The molecule has 0 aliphatic rings. The van der Waals surface area contributed by atoms with E-state index in [1.54, 1.807) is 18.3 Å². The second kappa shape index (κ2) is 5.49. The van der Waals surface area contributed by atoms with Gasteiger partial charge in [0.05, 0.1) is 20.6 Å². The molecule has 1 aromatic heterocycles. The van der Waals surface area contributed by atoms with Crippen LogP contribution >= 0.6 is 34.8 Å². The number of nitrogens with zero attached hydrogens (tertiary/aromatic N) is 1. The molecular weight excluding hydrogens is 317 g/mol. The van der Waals surface area contributed by atoms with Crippen molar-refractivity contribution in [2.24, 2.45) is 0 Å². The van der Waals surface area contributed by atoms with Crippen LogP contribution in [0.3, 0.4) is 0 Å². The lowest BCUT2D eigenvalue weighted by Gasteiger charge is -2.10. The number of benzene rings is 2. The topological polar surface area (TPSA) is 22.1 Å². The Morgan fingerprint density at radius 2 is 1.60 bits per heavy atom. The molecular formula is C15H8Cl3NO. The Balaban J connectivity index is 2.08. The van der Waals surface area contributed by atoms with E-state index in [9.17, 15) is 0 Å². The van der Waals surface area contributed by atoms with Gasteiger partial charge in [0.1, 0.15) is 11.5 Å². The normalized spacial score (nSPS) is 10.8. The molecule has 0 amide bonds. The minimum atomic E-state index is 0.392. The van der Waals surface area contributed by atoms with Crippen LogP contribution in [0.2, 0.25) is 15.1 Å². The number of aromatic nitrogens is 1. The summed E-state index contributed by atoms with van der Waals surface area (Å²) >= 11 is 18.0. The molecule has 3 rings (SSSR count). The Bertz CT molecular complexity index is 784. The van der Waals surface area contributed by atoms with Gasteiger partial charge in [-0.1, -0.05) is 40.9 Å². The average Bonchev–Trinajstić information content (AvgIpc) is 2.45. The molecule has 0 saturated heterocycles. The zero-order valence-electron chi connectivity index (χ0n) is 10.1. The fourth-order valence-corrected chi connectivity index (χ4v) is 2.44. The van der Waals surface area contributed by atoms with E-state index in [0.717, 1.165) is 10.9 Å². The van der Waals surface area contributed by atoms with E-state index in [0.29, 0.717) is 26.6 Å². The summed E-state index contributed by atoms with van der Waals surface area (Å²) < 4.78 is 5.84. The first-order valence-corrected chi connectivity index (χ1v) is 6.94. The highest BCUT2D eigenvalue weighted by atomic mass is 35.5. The molecule has 0 saturated carbocycles. The van der Waals surface area contributed by atoms with E-state index >= 15 is 0 Å². The van der Waals surface area contributed by atoms with E-state index in [1.165, 1.54) is 0 Å². The molecule has 1 heterocycles. The predicted octanol–water partition coefficient (Wildman–Crippen LogP) is 5.99. The molecule has 0 atom stereocenters. The van der Waals surface area contributed by atoms with Crippen molar-refractivity contribution in [1.29, 1.82) is 0 Å². The third kappa shape index (κ3) is 2.55. The minimum absolute atomic E-state index is 0.392. The summed E-state index contributed by atoms with van der Waals surface area (Å²) in [6.07, 6.45) is 1.73. The van der Waals surface area contributed by atoms with E-state index < -0.39 is 0 Å². The average molecular weight is 325 g/mol. The summed E-state index contributed by atoms with van der Waals surface area (Å²) in [4.78, 5) is 4.28. The molecule has 0 aliphatic carbocycles. The van der Waals surface area contributed by atoms with Gasteiger partial charge < -0.3 is 4.74 Å². The second-order valence-electron chi connectivity index (χ2n) is 4.13. The Morgan fingerprint density at radius 3 is 2.45 bits per heavy atom. The van der Waals surface area contributed by atoms with Crippen LogP contribution in [0.25, 0.3) is 10.9 Å². The first-order valence-electron chi connectivity index (χ1n) is 5.81. The monoisotopic (exact) mass is 323 g/mol. The minimum Gasteiger partial charge on any atom is -0.455 e. The molecule has 2 aromatic carbocycles. The third-order valence-corrected chi connectivity index (χ3v) is 3.82. The van der Waals surface area contributed by atoms with Crippen molar-refractivity contribution in [3.63, 3.8) is 0 Å². The van der Waals surface area contributed by atoms with Gasteiger partial charge in [-0.3, -0.25) is 4.98 Å². The first kappa shape index (κ1) is 13.5. The number of halogens is 3. The summed E-state index contributed by atoms with van der Waals surface area (Å²) in [6.45, 7) is 0. The van der Waals surface area contributed by atoms with Crippen LogP contribution in [0.1, 0.15) is 0 Å². The second-order valence-corrected chi connectivity index (χ2v) is 5.35. The van der Waals surface area contributed by atoms with E-state index in [-0.39, 0.29) is 0 Å². The van der Waals surface area contributed by atoms with Crippen molar-refractivity contribution < 1.29 is 4.74 Å². The van der Waals surface area contributed by atoms with Crippen molar-refractivity contribution in [2.75, 3.05) is 0 Å². The van der Waals surface area contributed by atoms with Crippen LogP contribution in [0.4, 0.5) is 0 Å². The van der Waals surface area contributed by atoms with Gasteiger partial charge in [-0.05, 0) is 30.3 Å². The summed E-state index contributed by atoms with van der Waals surface area (Å²) in [5.74, 6) is 1.12. The number of hydrogen-bond acceptors (Lipinski definition) is 2. The van der Waals surface area contributed by atoms with Crippen LogP contribution in [-0.4, -0.2) is 4.98 Å². The first-order chi connectivity index (χ1) is 9.65. The molecule has 5 heteroatoms. The molecule has 0 bridgehead atoms. The molecule has 0 fully saturated rings. The number of hydrogen-bond donors (Lipinski definition) is 0. The van der Waals surface area contributed by atoms with Gasteiger partial charge in [0.25, 0.3) is 0 Å². The van der Waals surface area contributed by atoms with Crippen LogP contribution in [0.15, 0.2) is 48.7 Å². The molecule has 100 valence electrons. The van der Waals surface area contributed by atoms with Crippen LogP contribution < -0.4 is 4.74 Å². The maximum Gasteiger partial charge on any atom is 0.147 e. The van der Waals surface area contributed by atoms with Crippen LogP contribution in [0, 0.1) is 0 Å². The number of fused-ring (bicyclic) bond motifs is 1. The highest BCUT2D eigenvalue weighted by molar-refractivity contribution is 6.43. The van der Waals surface area contributed by atoms with Crippen LogP contribution in [0.5, 0.6) is 11.5 Å². The Hall–Kier alpha value is -1.48. The Labute approximate surface area is 130 Å². The Morgan fingerprint density at radius 1 is 0.800 bits per heavy atom. The molecule has 0 aliphatic heterocycles. The lowest BCUT2D eigenvalue weighted by molar-refractivity contribution is 0.488. The molecule has 20 heavy (non-hydrogen) atoms. The van der Waals surface area contributed by atoms with Crippen molar-refractivity contribution in [3.8, 4) is 11.5 Å². The lowest BCUT2D eigenvalue weighted by atomic mass is 10.2. The fourth-order valence-electron chi connectivity index (χ4n) is 1.87. The third-order valence-electron chi connectivity index (χ3n) is 2.80. The van der Waals surface area contributed by atoms with Gasteiger partial charge in [-0.15, -0.1) is 0 Å². The van der Waals surface area contributed by atoms with Gasteiger partial charge >= 0.3 is 0 Å². The number of pyridine rings is 1. The van der Waals surface area contributed by atoms with Gasteiger partial charge in [-0.25, -0.2) is 0 Å². The lowest BCUT2D eigenvalue weighted by Crippen LogP contribution is -1.88. The summed E-state index contributed by atoms with van der Waals surface area (Å²) in [5.41, 5.74) is 0.848. The largest absolute Gasteiger partial charge is 0.455 e. The molecule has 0 spiro atoms. The van der Waals surface area contributed by atoms with Crippen LogP contribution in [-0.2, 0) is 0 Å². The van der Waals surface area contributed by atoms with Crippen molar-refractivity contribution in [3.05, 3.63) is 63.7 Å².